The Morgan fingerprint density at radius 3 is 2.50 bits per heavy atom. The van der Waals surface area contributed by atoms with Crippen LogP contribution in [0.4, 0.5) is 4.39 Å². The summed E-state index contributed by atoms with van der Waals surface area (Å²) in [5.74, 6) is 1.81. The summed E-state index contributed by atoms with van der Waals surface area (Å²) in [6.45, 7) is 2.98. The number of para-hydroxylation sites is 1. The lowest BCUT2D eigenvalue weighted by Gasteiger charge is -2.06. The van der Waals surface area contributed by atoms with Crippen LogP contribution in [-0.4, -0.2) is 10.2 Å². The first-order valence-electron chi connectivity index (χ1n) is 6.82. The van der Waals surface area contributed by atoms with Crippen molar-refractivity contribution in [1.29, 1.82) is 0 Å². The van der Waals surface area contributed by atoms with Crippen LogP contribution in [-0.2, 0) is 12.3 Å². The maximum atomic E-state index is 13.7. The summed E-state index contributed by atoms with van der Waals surface area (Å²) in [5.41, 5.74) is -1.68. The highest BCUT2D eigenvalue weighted by atomic mass is 19.1. The molecule has 22 heavy (non-hydrogen) atoms. The average molecular weight is 302 g/mol. The van der Waals surface area contributed by atoms with Crippen molar-refractivity contribution in [2.45, 2.75) is 26.1 Å². The average Bonchev–Trinajstić information content (AvgIpc) is 3.14. The molecule has 0 unspecified atom stereocenters. The first-order chi connectivity index (χ1) is 10.5. The molecule has 3 rings (SSSR count). The molecular formula is C16H15FN2O3. The smallest absolute Gasteiger partial charge is 0.283 e. The molecule has 0 radical (unpaired) electrons. The molecule has 2 aromatic heterocycles. The van der Waals surface area contributed by atoms with Crippen molar-refractivity contribution in [1.82, 2.24) is 10.2 Å². The van der Waals surface area contributed by atoms with E-state index in [1.165, 1.54) is 13.8 Å². The minimum atomic E-state index is -1.68. The second kappa shape index (κ2) is 5.63. The third-order valence-electron chi connectivity index (χ3n) is 2.93. The van der Waals surface area contributed by atoms with Crippen molar-refractivity contribution in [3.05, 3.63) is 54.1 Å². The normalized spacial score (nSPS) is 11.6. The van der Waals surface area contributed by atoms with E-state index in [-0.39, 0.29) is 18.4 Å². The minimum Gasteiger partial charge on any atom is -0.486 e. The van der Waals surface area contributed by atoms with E-state index in [0.717, 1.165) is 5.75 Å². The van der Waals surface area contributed by atoms with Crippen molar-refractivity contribution in [2.75, 3.05) is 0 Å². The van der Waals surface area contributed by atoms with E-state index in [1.807, 2.05) is 30.3 Å². The molecule has 0 amide bonds. The summed E-state index contributed by atoms with van der Waals surface area (Å²) in [7, 11) is 0. The van der Waals surface area contributed by atoms with Gasteiger partial charge in [-0.05, 0) is 38.1 Å². The molecule has 114 valence electrons. The summed E-state index contributed by atoms with van der Waals surface area (Å²) in [4.78, 5) is 0. The van der Waals surface area contributed by atoms with E-state index in [0.29, 0.717) is 11.5 Å². The highest BCUT2D eigenvalue weighted by Gasteiger charge is 2.27. The van der Waals surface area contributed by atoms with E-state index in [1.54, 1.807) is 12.1 Å². The van der Waals surface area contributed by atoms with Crippen LogP contribution in [0.25, 0.3) is 11.7 Å². The van der Waals surface area contributed by atoms with Gasteiger partial charge in [-0.15, -0.1) is 10.2 Å². The predicted octanol–water partition coefficient (Wildman–Crippen LogP) is 4.11. The fourth-order valence-electron chi connectivity index (χ4n) is 1.80. The zero-order valence-electron chi connectivity index (χ0n) is 12.2. The molecule has 0 atom stereocenters. The fraction of sp³-hybridized carbons (Fsp3) is 0.250. The van der Waals surface area contributed by atoms with Crippen LogP contribution >= 0.6 is 0 Å². The highest BCUT2D eigenvalue weighted by molar-refractivity contribution is 5.43. The Kier molecular flexibility index (Phi) is 3.66. The van der Waals surface area contributed by atoms with E-state index in [9.17, 15) is 4.39 Å². The van der Waals surface area contributed by atoms with Crippen LogP contribution in [0.3, 0.4) is 0 Å². The van der Waals surface area contributed by atoms with Crippen molar-refractivity contribution < 1.29 is 18.0 Å². The van der Waals surface area contributed by atoms with Gasteiger partial charge in [0.1, 0.15) is 18.1 Å². The Balaban J connectivity index is 1.70. The van der Waals surface area contributed by atoms with E-state index in [2.05, 4.69) is 10.2 Å². The van der Waals surface area contributed by atoms with Crippen LogP contribution in [0, 0.1) is 0 Å². The van der Waals surface area contributed by atoms with Crippen LogP contribution in [0.2, 0.25) is 0 Å². The Hall–Kier alpha value is -2.63. The number of aromatic nitrogens is 2. The van der Waals surface area contributed by atoms with Gasteiger partial charge in [0.25, 0.3) is 11.8 Å². The Bertz CT molecular complexity index is 744. The number of halogens is 1. The number of hydrogen-bond donors (Lipinski definition) is 0. The van der Waals surface area contributed by atoms with Gasteiger partial charge in [-0.25, -0.2) is 4.39 Å². The minimum absolute atomic E-state index is 0.0824. The molecule has 0 saturated heterocycles. The van der Waals surface area contributed by atoms with Gasteiger partial charge >= 0.3 is 0 Å². The fourth-order valence-corrected chi connectivity index (χ4v) is 1.80. The van der Waals surface area contributed by atoms with Crippen molar-refractivity contribution >= 4 is 0 Å². The summed E-state index contributed by atoms with van der Waals surface area (Å²) >= 11 is 0. The van der Waals surface area contributed by atoms with Gasteiger partial charge in [0, 0.05) is 0 Å². The van der Waals surface area contributed by atoms with E-state index in [4.69, 9.17) is 13.6 Å². The molecular weight excluding hydrogens is 287 g/mol. The second-order valence-electron chi connectivity index (χ2n) is 5.25. The first-order valence-corrected chi connectivity index (χ1v) is 6.82. The molecule has 0 fully saturated rings. The molecule has 0 aliphatic rings. The third kappa shape index (κ3) is 3.16. The van der Waals surface area contributed by atoms with Crippen LogP contribution in [0.15, 0.2) is 51.3 Å². The van der Waals surface area contributed by atoms with Crippen molar-refractivity contribution in [3.63, 3.8) is 0 Å². The van der Waals surface area contributed by atoms with Gasteiger partial charge < -0.3 is 13.6 Å². The van der Waals surface area contributed by atoms with Gasteiger partial charge in [-0.2, -0.15) is 0 Å². The Labute approximate surface area is 126 Å². The van der Waals surface area contributed by atoms with E-state index < -0.39 is 5.67 Å². The van der Waals surface area contributed by atoms with Crippen LogP contribution in [0.5, 0.6) is 5.75 Å². The Morgan fingerprint density at radius 1 is 1.05 bits per heavy atom. The number of alkyl halides is 1. The maximum absolute atomic E-state index is 13.7. The third-order valence-corrected chi connectivity index (χ3v) is 2.93. The van der Waals surface area contributed by atoms with Crippen molar-refractivity contribution in [3.8, 4) is 17.4 Å². The monoisotopic (exact) mass is 302 g/mol. The highest BCUT2D eigenvalue weighted by Crippen LogP contribution is 2.27. The van der Waals surface area contributed by atoms with E-state index >= 15 is 0 Å². The molecule has 0 spiro atoms. The first kappa shape index (κ1) is 14.3. The number of ether oxygens (including phenoxy) is 1. The largest absolute Gasteiger partial charge is 0.486 e. The molecule has 0 aliphatic heterocycles. The lowest BCUT2D eigenvalue weighted by molar-refractivity contribution is 0.170. The molecule has 0 saturated carbocycles. The summed E-state index contributed by atoms with van der Waals surface area (Å²) < 4.78 is 30.1. The number of nitrogens with zero attached hydrogens (tertiary/aromatic N) is 2. The molecule has 6 heteroatoms. The quantitative estimate of drug-likeness (QED) is 0.709. The number of benzene rings is 1. The molecule has 2 heterocycles. The SMILES string of the molecule is CC(C)(F)c1nnc(-c2ccc(COc3ccccc3)o2)o1. The number of rotatable bonds is 5. The van der Waals surface area contributed by atoms with Crippen LogP contribution < -0.4 is 4.74 Å². The molecule has 1 aromatic carbocycles. The predicted molar refractivity (Wildman–Crippen MR) is 76.9 cm³/mol. The van der Waals surface area contributed by atoms with Gasteiger partial charge in [0.05, 0.1) is 0 Å². The second-order valence-corrected chi connectivity index (χ2v) is 5.25. The molecule has 0 bridgehead atoms. The van der Waals surface area contributed by atoms with Crippen LogP contribution in [0.1, 0.15) is 25.5 Å². The van der Waals surface area contributed by atoms with Crippen molar-refractivity contribution in [2.24, 2.45) is 0 Å². The van der Waals surface area contributed by atoms with Gasteiger partial charge in [0.15, 0.2) is 11.4 Å². The molecule has 0 N–H and O–H groups in total. The summed E-state index contributed by atoms with van der Waals surface area (Å²) in [6.07, 6.45) is 0. The molecule has 3 aromatic rings. The summed E-state index contributed by atoms with van der Waals surface area (Å²) in [6, 6.07) is 12.9. The molecule has 0 aliphatic carbocycles. The zero-order chi connectivity index (χ0) is 15.6. The summed E-state index contributed by atoms with van der Waals surface area (Å²) in [5, 5.41) is 7.48. The maximum Gasteiger partial charge on any atom is 0.283 e. The van der Waals surface area contributed by atoms with Gasteiger partial charge in [-0.1, -0.05) is 18.2 Å². The topological polar surface area (TPSA) is 61.3 Å². The lowest BCUT2D eigenvalue weighted by atomic mass is 10.2. The Morgan fingerprint density at radius 2 is 1.82 bits per heavy atom. The zero-order valence-corrected chi connectivity index (χ0v) is 12.2. The number of furan rings is 1. The lowest BCUT2D eigenvalue weighted by Crippen LogP contribution is -2.09. The standard InChI is InChI=1S/C16H15FN2O3/c1-16(2,17)15-19-18-14(22-15)13-9-8-12(21-13)10-20-11-6-4-3-5-7-11/h3-9H,10H2,1-2H3. The van der Waals surface area contributed by atoms with Gasteiger partial charge in [-0.3, -0.25) is 0 Å². The van der Waals surface area contributed by atoms with Gasteiger partial charge in [0.2, 0.25) is 0 Å². The molecule has 5 nitrogen and oxygen atoms in total. The number of hydrogen-bond acceptors (Lipinski definition) is 5.